The Morgan fingerprint density at radius 2 is 1.22 bits per heavy atom. The molecule has 1 aliphatic heterocycles. The highest BCUT2D eigenvalue weighted by molar-refractivity contribution is 5.87. The summed E-state index contributed by atoms with van der Waals surface area (Å²) in [4.78, 5) is 13.4. The van der Waals surface area contributed by atoms with Gasteiger partial charge in [0.1, 0.15) is 12.2 Å². The fourth-order valence-electron chi connectivity index (χ4n) is 4.04. The summed E-state index contributed by atoms with van der Waals surface area (Å²) in [5, 5.41) is 0. The highest BCUT2D eigenvalue weighted by Gasteiger charge is 2.47. The third-order valence-electron chi connectivity index (χ3n) is 5.82. The molecular formula is C30H34O6. The summed E-state index contributed by atoms with van der Waals surface area (Å²) in [5.74, 6) is -0.281. The van der Waals surface area contributed by atoms with Crippen LogP contribution in [0.5, 0.6) is 0 Å². The van der Waals surface area contributed by atoms with Gasteiger partial charge in [-0.2, -0.15) is 0 Å². The van der Waals surface area contributed by atoms with E-state index in [2.05, 4.69) is 0 Å². The van der Waals surface area contributed by atoms with Crippen molar-refractivity contribution in [2.75, 3.05) is 6.61 Å². The molecule has 0 bridgehead atoms. The topological polar surface area (TPSA) is 63.2 Å². The number of ketones is 1. The van der Waals surface area contributed by atoms with E-state index in [0.29, 0.717) is 13.2 Å². The number of carbonyl (C=O) groups excluding carboxylic acids is 1. The molecule has 0 saturated carbocycles. The maximum Gasteiger partial charge on any atom is 0.221 e. The first-order valence-corrected chi connectivity index (χ1v) is 12.4. The average molecular weight is 491 g/mol. The molecule has 0 unspecified atom stereocenters. The summed E-state index contributed by atoms with van der Waals surface area (Å²) < 4.78 is 30.5. The molecule has 0 aromatic heterocycles. The van der Waals surface area contributed by atoms with Crippen LogP contribution in [0.3, 0.4) is 0 Å². The molecule has 1 saturated heterocycles. The lowest BCUT2D eigenvalue weighted by Gasteiger charge is -2.40. The van der Waals surface area contributed by atoms with Crippen LogP contribution >= 0.6 is 0 Å². The minimum absolute atomic E-state index is 0.193. The number of Topliss-reactive ketones (excluding diaryl/α,β-unsaturated/α-hetero) is 1. The number of hydrogen-bond acceptors (Lipinski definition) is 6. The normalized spacial score (nSPS) is 22.1. The lowest BCUT2D eigenvalue weighted by atomic mass is 9.99. The molecule has 0 spiro atoms. The second-order valence-electron chi connectivity index (χ2n) is 9.07. The maximum absolute atomic E-state index is 13.4. The van der Waals surface area contributed by atoms with Crippen LogP contribution in [-0.4, -0.2) is 43.1 Å². The highest BCUT2D eigenvalue weighted by Crippen LogP contribution is 2.27. The fraction of sp³-hybridized carbons (Fsp3) is 0.367. The zero-order valence-electron chi connectivity index (χ0n) is 20.8. The third kappa shape index (κ3) is 7.56. The summed E-state index contributed by atoms with van der Waals surface area (Å²) in [6.07, 6.45) is -3.32. The second kappa shape index (κ2) is 13.4. The van der Waals surface area contributed by atoms with Crippen molar-refractivity contribution in [3.8, 4) is 0 Å². The Balaban J connectivity index is 1.52. The number of benzene rings is 3. The Labute approximate surface area is 213 Å². The number of rotatable bonds is 12. The largest absolute Gasteiger partial charge is 0.374 e. The molecule has 0 aliphatic carbocycles. The molecule has 0 N–H and O–H groups in total. The maximum atomic E-state index is 13.4. The van der Waals surface area contributed by atoms with Gasteiger partial charge in [-0.1, -0.05) is 91.0 Å². The van der Waals surface area contributed by atoms with Crippen LogP contribution in [0.2, 0.25) is 0 Å². The fourth-order valence-corrected chi connectivity index (χ4v) is 4.04. The molecular weight excluding hydrogens is 456 g/mol. The van der Waals surface area contributed by atoms with E-state index >= 15 is 0 Å². The minimum Gasteiger partial charge on any atom is -0.374 e. The van der Waals surface area contributed by atoms with Gasteiger partial charge < -0.3 is 23.7 Å². The van der Waals surface area contributed by atoms with Gasteiger partial charge in [0.2, 0.25) is 12.1 Å². The molecule has 0 amide bonds. The Morgan fingerprint density at radius 3 is 1.75 bits per heavy atom. The lowest BCUT2D eigenvalue weighted by molar-refractivity contribution is -0.263. The van der Waals surface area contributed by atoms with Gasteiger partial charge in [-0.15, -0.1) is 0 Å². The molecule has 6 heteroatoms. The van der Waals surface area contributed by atoms with E-state index in [4.69, 9.17) is 23.7 Å². The quantitative estimate of drug-likeness (QED) is 0.352. The van der Waals surface area contributed by atoms with Gasteiger partial charge in [0.15, 0.2) is 6.10 Å². The SMILES string of the molecule is CC(C)O[C@@H]1O[C@H](COCc2ccccc2)[C@@H](OCc2ccccc2)[C@H](OCc2ccccc2)C1=O. The number of carbonyl (C=O) groups is 1. The van der Waals surface area contributed by atoms with Gasteiger partial charge in [-0.25, -0.2) is 0 Å². The summed E-state index contributed by atoms with van der Waals surface area (Å²) in [6.45, 7) is 4.98. The second-order valence-corrected chi connectivity index (χ2v) is 9.07. The van der Waals surface area contributed by atoms with Crippen molar-refractivity contribution in [2.24, 2.45) is 0 Å². The zero-order chi connectivity index (χ0) is 25.2. The molecule has 3 aromatic carbocycles. The van der Waals surface area contributed by atoms with Crippen LogP contribution in [0.4, 0.5) is 0 Å². The molecule has 6 nitrogen and oxygen atoms in total. The van der Waals surface area contributed by atoms with Gasteiger partial charge in [-0.3, -0.25) is 4.79 Å². The Morgan fingerprint density at radius 1 is 0.722 bits per heavy atom. The van der Waals surface area contributed by atoms with Gasteiger partial charge in [0, 0.05) is 0 Å². The van der Waals surface area contributed by atoms with Crippen LogP contribution in [0.15, 0.2) is 91.0 Å². The van der Waals surface area contributed by atoms with Crippen molar-refractivity contribution in [2.45, 2.75) is 64.4 Å². The molecule has 1 heterocycles. The predicted octanol–water partition coefficient (Wildman–Crippen LogP) is 5.09. The summed E-state index contributed by atoms with van der Waals surface area (Å²) in [5.41, 5.74) is 3.02. The Hall–Kier alpha value is -2.87. The number of ether oxygens (including phenoxy) is 5. The first-order chi connectivity index (χ1) is 17.6. The monoisotopic (exact) mass is 490 g/mol. The first-order valence-electron chi connectivity index (χ1n) is 12.4. The predicted molar refractivity (Wildman–Crippen MR) is 136 cm³/mol. The van der Waals surface area contributed by atoms with Crippen LogP contribution in [-0.2, 0) is 48.3 Å². The molecule has 4 atom stereocenters. The van der Waals surface area contributed by atoms with Gasteiger partial charge in [-0.05, 0) is 30.5 Å². The van der Waals surface area contributed by atoms with Crippen molar-refractivity contribution in [1.29, 1.82) is 0 Å². The smallest absolute Gasteiger partial charge is 0.221 e. The Kier molecular flexibility index (Phi) is 9.78. The van der Waals surface area contributed by atoms with Crippen molar-refractivity contribution < 1.29 is 28.5 Å². The van der Waals surface area contributed by atoms with Gasteiger partial charge >= 0.3 is 0 Å². The molecule has 36 heavy (non-hydrogen) atoms. The van der Waals surface area contributed by atoms with Crippen LogP contribution in [0.1, 0.15) is 30.5 Å². The zero-order valence-corrected chi connectivity index (χ0v) is 20.8. The van der Waals surface area contributed by atoms with Crippen LogP contribution in [0, 0.1) is 0 Å². The van der Waals surface area contributed by atoms with E-state index in [0.717, 1.165) is 16.7 Å². The lowest BCUT2D eigenvalue weighted by Crippen LogP contribution is -2.59. The van der Waals surface area contributed by atoms with Gasteiger partial charge in [0.25, 0.3) is 0 Å². The van der Waals surface area contributed by atoms with Gasteiger partial charge in [0.05, 0.1) is 32.5 Å². The summed E-state index contributed by atoms with van der Waals surface area (Å²) in [7, 11) is 0. The molecule has 1 fully saturated rings. The first kappa shape index (κ1) is 26.2. The Bertz CT molecular complexity index is 1040. The standard InChI is InChI=1S/C30H34O6/c1-22(2)35-30-27(31)29(34-20-25-16-10-5-11-17-25)28(33-19-24-14-8-4-9-15-24)26(36-30)21-32-18-23-12-6-3-7-13-23/h3-17,22,26,28-30H,18-21H2,1-2H3/t26-,28-,29-,30-/m1/s1. The summed E-state index contributed by atoms with van der Waals surface area (Å²) in [6, 6.07) is 29.5. The minimum atomic E-state index is -1.05. The molecule has 1 aliphatic rings. The van der Waals surface area contributed by atoms with Crippen molar-refractivity contribution in [1.82, 2.24) is 0 Å². The van der Waals surface area contributed by atoms with Crippen LogP contribution < -0.4 is 0 Å². The van der Waals surface area contributed by atoms with E-state index in [1.54, 1.807) is 0 Å². The number of hydrogen-bond donors (Lipinski definition) is 0. The molecule has 3 aromatic rings. The molecule has 0 radical (unpaired) electrons. The highest BCUT2D eigenvalue weighted by atomic mass is 16.7. The van der Waals surface area contributed by atoms with Crippen LogP contribution in [0.25, 0.3) is 0 Å². The van der Waals surface area contributed by atoms with E-state index < -0.39 is 24.6 Å². The van der Waals surface area contributed by atoms with Crippen molar-refractivity contribution in [3.05, 3.63) is 108 Å². The average Bonchev–Trinajstić information content (AvgIpc) is 2.90. The molecule has 4 rings (SSSR count). The molecule has 190 valence electrons. The third-order valence-corrected chi connectivity index (χ3v) is 5.82. The van der Waals surface area contributed by atoms with E-state index in [1.165, 1.54) is 0 Å². The van der Waals surface area contributed by atoms with Crippen molar-refractivity contribution >= 4 is 5.78 Å². The van der Waals surface area contributed by atoms with Crippen molar-refractivity contribution in [3.63, 3.8) is 0 Å². The van der Waals surface area contributed by atoms with E-state index in [-0.39, 0.29) is 25.1 Å². The van der Waals surface area contributed by atoms with E-state index in [1.807, 2.05) is 105 Å². The van der Waals surface area contributed by atoms with E-state index in [9.17, 15) is 4.79 Å². The summed E-state index contributed by atoms with van der Waals surface area (Å²) >= 11 is 0.